The fourth-order valence-electron chi connectivity index (χ4n) is 4.88. The van der Waals surface area contributed by atoms with Crippen LogP contribution in [0.2, 0.25) is 0 Å². The third-order valence-electron chi connectivity index (χ3n) is 6.93. The Morgan fingerprint density at radius 1 is 0.975 bits per heavy atom. The highest BCUT2D eigenvalue weighted by atomic mass is 16.6. The van der Waals surface area contributed by atoms with Crippen molar-refractivity contribution in [3.8, 4) is 0 Å². The van der Waals surface area contributed by atoms with E-state index in [1.54, 1.807) is 20.8 Å². The van der Waals surface area contributed by atoms with E-state index in [-0.39, 0.29) is 49.9 Å². The van der Waals surface area contributed by atoms with Crippen molar-refractivity contribution in [2.24, 2.45) is 5.92 Å². The minimum absolute atomic E-state index is 0.0281. The molecule has 0 aromatic carbocycles. The van der Waals surface area contributed by atoms with Crippen molar-refractivity contribution < 1.29 is 33.1 Å². The van der Waals surface area contributed by atoms with Gasteiger partial charge in [-0.1, -0.05) is 32.1 Å². The van der Waals surface area contributed by atoms with E-state index in [1.807, 2.05) is 0 Å². The van der Waals surface area contributed by atoms with Gasteiger partial charge in [0.1, 0.15) is 24.0 Å². The van der Waals surface area contributed by atoms with Gasteiger partial charge in [0.25, 0.3) is 0 Å². The smallest absolute Gasteiger partial charge is 0.408 e. The molecule has 1 aromatic heterocycles. The normalized spacial score (nSPS) is 24.5. The quantitative estimate of drug-likeness (QED) is 0.395. The average Bonchev–Trinajstić information content (AvgIpc) is 3.35. The Balaban J connectivity index is 1.84. The molecule has 2 heterocycles. The van der Waals surface area contributed by atoms with Crippen molar-refractivity contribution in [2.45, 2.75) is 115 Å². The molecule has 1 aliphatic carbocycles. The number of aromatic nitrogens is 2. The molecule has 2 aliphatic rings. The zero-order chi connectivity index (χ0) is 29.1. The van der Waals surface area contributed by atoms with E-state index < -0.39 is 41.6 Å². The summed E-state index contributed by atoms with van der Waals surface area (Å²) >= 11 is 0. The van der Waals surface area contributed by atoms with Crippen LogP contribution in [0, 0.1) is 5.92 Å². The summed E-state index contributed by atoms with van der Waals surface area (Å²) in [5.74, 6) is -0.512. The molecule has 13 heteroatoms. The van der Waals surface area contributed by atoms with Crippen molar-refractivity contribution in [3.05, 3.63) is 11.8 Å². The highest BCUT2D eigenvalue weighted by Gasteiger charge is 2.32. The number of ether oxygens (including phenoxy) is 1. The molecule has 40 heavy (non-hydrogen) atoms. The van der Waals surface area contributed by atoms with Gasteiger partial charge in [-0.15, -0.1) is 10.2 Å². The Bertz CT molecular complexity index is 1030. The standard InChI is InChI=1S/C27H42N6O7/c1-27(2,3)40-26(38)31-19-10-12-22-32-33-23(39-22)13-14-28-21(35)11-9-18(16-34)29-25(37)20(30-24(19)36)15-17-7-5-4-6-8-17/h16-20H,4-15H2,1-3H3,(H,28,35)(H,29,37)(H,30,36)(H,31,38)/t18-,19-,20-/m0/s1. The SMILES string of the molecule is CC(C)(C)OC(=O)N[C@H]1CCc2nnc(o2)CCNC(=O)CC[C@@H](C=O)NC(=O)[C@H](CC2CCCCC2)NC1=O. The van der Waals surface area contributed by atoms with Gasteiger partial charge in [0, 0.05) is 25.8 Å². The number of carbonyl (C=O) groups excluding carboxylic acids is 5. The van der Waals surface area contributed by atoms with E-state index in [9.17, 15) is 24.0 Å². The van der Waals surface area contributed by atoms with Gasteiger partial charge in [-0.25, -0.2) is 4.79 Å². The molecule has 1 aromatic rings. The summed E-state index contributed by atoms with van der Waals surface area (Å²) in [7, 11) is 0. The van der Waals surface area contributed by atoms with Gasteiger partial charge in [-0.05, 0) is 46.0 Å². The molecule has 1 aliphatic heterocycles. The summed E-state index contributed by atoms with van der Waals surface area (Å²) < 4.78 is 11.0. The lowest BCUT2D eigenvalue weighted by Gasteiger charge is -2.29. The van der Waals surface area contributed by atoms with Crippen molar-refractivity contribution in [2.75, 3.05) is 6.54 Å². The third-order valence-corrected chi connectivity index (χ3v) is 6.93. The Morgan fingerprint density at radius 3 is 2.35 bits per heavy atom. The molecule has 3 rings (SSSR count). The number of alkyl carbamates (subject to hydrolysis) is 1. The van der Waals surface area contributed by atoms with Crippen molar-refractivity contribution in [1.82, 2.24) is 31.5 Å². The molecule has 13 nitrogen and oxygen atoms in total. The maximum atomic E-state index is 13.5. The lowest BCUT2D eigenvalue weighted by Crippen LogP contribution is -2.56. The van der Waals surface area contributed by atoms with Crippen molar-refractivity contribution in [3.63, 3.8) is 0 Å². The van der Waals surface area contributed by atoms with Crippen LogP contribution in [0.4, 0.5) is 4.79 Å². The Hall–Kier alpha value is -3.51. The van der Waals surface area contributed by atoms with Gasteiger partial charge in [-0.3, -0.25) is 14.4 Å². The van der Waals surface area contributed by atoms with Crippen molar-refractivity contribution in [1.29, 1.82) is 0 Å². The molecule has 0 saturated heterocycles. The topological polar surface area (TPSA) is 182 Å². The van der Waals surface area contributed by atoms with E-state index in [0.717, 1.165) is 32.1 Å². The summed E-state index contributed by atoms with van der Waals surface area (Å²) in [6.07, 6.45) is 6.06. The minimum Gasteiger partial charge on any atom is -0.444 e. The molecular weight excluding hydrogens is 520 g/mol. The molecule has 1 fully saturated rings. The summed E-state index contributed by atoms with van der Waals surface area (Å²) in [5, 5.41) is 18.8. The highest BCUT2D eigenvalue weighted by molar-refractivity contribution is 5.92. The number of carbonyl (C=O) groups is 5. The predicted molar refractivity (Wildman–Crippen MR) is 143 cm³/mol. The number of nitrogens with zero attached hydrogens (tertiary/aromatic N) is 2. The van der Waals surface area contributed by atoms with E-state index in [2.05, 4.69) is 31.5 Å². The van der Waals surface area contributed by atoms with Crippen LogP contribution in [0.1, 0.15) is 90.3 Å². The molecule has 222 valence electrons. The summed E-state index contributed by atoms with van der Waals surface area (Å²) in [6, 6.07) is -2.87. The van der Waals surface area contributed by atoms with E-state index in [0.29, 0.717) is 25.0 Å². The van der Waals surface area contributed by atoms with Crippen LogP contribution in [-0.2, 0) is 36.8 Å². The molecule has 4 N–H and O–H groups in total. The largest absolute Gasteiger partial charge is 0.444 e. The number of aldehydes is 1. The van der Waals surface area contributed by atoms with Crippen LogP contribution in [0.5, 0.6) is 0 Å². The molecule has 4 amide bonds. The average molecular weight is 563 g/mol. The Morgan fingerprint density at radius 2 is 1.68 bits per heavy atom. The van der Waals surface area contributed by atoms with Crippen LogP contribution in [0.25, 0.3) is 0 Å². The number of nitrogens with one attached hydrogen (secondary N) is 4. The van der Waals surface area contributed by atoms with Gasteiger partial charge < -0.3 is 35.2 Å². The second kappa shape index (κ2) is 14.8. The van der Waals surface area contributed by atoms with E-state index in [4.69, 9.17) is 9.15 Å². The van der Waals surface area contributed by atoms with Crippen LogP contribution in [0.3, 0.4) is 0 Å². The first-order valence-electron chi connectivity index (χ1n) is 14.2. The van der Waals surface area contributed by atoms with Crippen molar-refractivity contribution >= 4 is 30.1 Å². The molecule has 0 unspecified atom stereocenters. The Labute approximate surface area is 234 Å². The number of hydrogen-bond donors (Lipinski definition) is 4. The number of aryl methyl sites for hydroxylation is 1. The summed E-state index contributed by atoms with van der Waals surface area (Å²) in [6.45, 7) is 5.40. The number of hydrogen-bond acceptors (Lipinski definition) is 9. The van der Waals surface area contributed by atoms with Gasteiger partial charge in [0.15, 0.2) is 0 Å². The molecule has 2 bridgehead atoms. The van der Waals surface area contributed by atoms with E-state index >= 15 is 0 Å². The van der Waals surface area contributed by atoms with Crippen LogP contribution >= 0.6 is 0 Å². The molecule has 3 atom stereocenters. The van der Waals surface area contributed by atoms with Gasteiger partial charge >= 0.3 is 6.09 Å². The maximum Gasteiger partial charge on any atom is 0.408 e. The second-order valence-corrected chi connectivity index (χ2v) is 11.5. The van der Waals surface area contributed by atoms with Gasteiger partial charge in [-0.2, -0.15) is 0 Å². The van der Waals surface area contributed by atoms with Crippen LogP contribution in [-0.4, -0.2) is 70.6 Å². The summed E-state index contributed by atoms with van der Waals surface area (Å²) in [5.41, 5.74) is -0.778. The zero-order valence-corrected chi connectivity index (χ0v) is 23.6. The summed E-state index contributed by atoms with van der Waals surface area (Å²) in [4.78, 5) is 63.4. The lowest BCUT2D eigenvalue weighted by molar-refractivity contribution is -0.131. The molecule has 0 radical (unpaired) electrons. The highest BCUT2D eigenvalue weighted by Crippen LogP contribution is 2.27. The van der Waals surface area contributed by atoms with Gasteiger partial charge in [0.2, 0.25) is 29.5 Å². The first-order valence-corrected chi connectivity index (χ1v) is 14.2. The number of fused-ring (bicyclic) bond motifs is 2. The predicted octanol–water partition coefficient (Wildman–Crippen LogP) is 1.49. The zero-order valence-electron chi connectivity index (χ0n) is 23.6. The fraction of sp³-hybridized carbons (Fsp3) is 0.741. The first kappa shape index (κ1) is 31.0. The maximum absolute atomic E-state index is 13.5. The van der Waals surface area contributed by atoms with E-state index in [1.165, 1.54) is 0 Å². The second-order valence-electron chi connectivity index (χ2n) is 11.5. The minimum atomic E-state index is -1.05. The number of amides is 4. The molecule has 0 spiro atoms. The fourth-order valence-corrected chi connectivity index (χ4v) is 4.88. The monoisotopic (exact) mass is 562 g/mol. The molecular formula is C27H42N6O7. The van der Waals surface area contributed by atoms with Gasteiger partial charge in [0.05, 0.1) is 6.04 Å². The van der Waals surface area contributed by atoms with Crippen LogP contribution in [0.15, 0.2) is 4.42 Å². The first-order chi connectivity index (χ1) is 19.0. The lowest BCUT2D eigenvalue weighted by atomic mass is 9.84. The van der Waals surface area contributed by atoms with Crippen LogP contribution < -0.4 is 21.3 Å². The third kappa shape index (κ3) is 10.6. The number of rotatable bonds is 4. The Kier molecular flexibility index (Phi) is 11.4. The molecule has 1 saturated carbocycles.